The van der Waals surface area contributed by atoms with E-state index in [1.54, 1.807) is 20.1 Å². The third-order valence-electron chi connectivity index (χ3n) is 6.31. The quantitative estimate of drug-likeness (QED) is 0.481. The number of nitrogens with zero attached hydrogens (tertiary/aromatic N) is 2. The van der Waals surface area contributed by atoms with Crippen LogP contribution in [0.5, 0.6) is 0 Å². The van der Waals surface area contributed by atoms with E-state index in [0.717, 1.165) is 31.7 Å². The molecule has 9 nitrogen and oxygen atoms in total. The van der Waals surface area contributed by atoms with Crippen LogP contribution in [-0.4, -0.2) is 61.2 Å². The smallest absolute Gasteiger partial charge is 0.252 e. The number of benzene rings is 1. The Balaban J connectivity index is 1.66. The molecule has 34 heavy (non-hydrogen) atoms. The molecule has 10 heteroatoms. The molecule has 0 unspecified atom stereocenters. The number of hydrogen-bond acceptors (Lipinski definition) is 6. The highest BCUT2D eigenvalue weighted by molar-refractivity contribution is 7.89. The van der Waals surface area contributed by atoms with Crippen LogP contribution in [0.25, 0.3) is 10.9 Å². The molecule has 3 heterocycles. The molecule has 1 aliphatic heterocycles. The topological polar surface area (TPSA) is 116 Å². The van der Waals surface area contributed by atoms with Crippen LogP contribution in [0, 0.1) is 0 Å². The van der Waals surface area contributed by atoms with Gasteiger partial charge in [-0.2, -0.15) is 4.31 Å². The van der Waals surface area contributed by atoms with Crippen LogP contribution in [0.15, 0.2) is 56.8 Å². The first-order chi connectivity index (χ1) is 16.3. The van der Waals surface area contributed by atoms with Gasteiger partial charge in [0.2, 0.25) is 15.6 Å². The third kappa shape index (κ3) is 4.79. The van der Waals surface area contributed by atoms with Crippen LogP contribution >= 0.6 is 0 Å². The molecule has 1 aliphatic rings. The molecule has 0 spiro atoms. The Kier molecular flexibility index (Phi) is 7.20. The molecule has 0 bridgehead atoms. The maximum absolute atomic E-state index is 13.2. The molecular formula is C24H30N4O5S. The summed E-state index contributed by atoms with van der Waals surface area (Å²) in [6.07, 6.45) is 3.80. The predicted octanol–water partition coefficient (Wildman–Crippen LogP) is 2.72. The van der Waals surface area contributed by atoms with E-state index < -0.39 is 21.5 Å². The van der Waals surface area contributed by atoms with Crippen molar-refractivity contribution in [1.29, 1.82) is 0 Å². The van der Waals surface area contributed by atoms with Gasteiger partial charge < -0.3 is 14.7 Å². The molecule has 2 N–H and O–H groups in total. The summed E-state index contributed by atoms with van der Waals surface area (Å²) in [7, 11) is -3.72. The van der Waals surface area contributed by atoms with E-state index in [-0.39, 0.29) is 16.5 Å². The molecular weight excluding hydrogens is 456 g/mol. The van der Waals surface area contributed by atoms with Gasteiger partial charge in [0, 0.05) is 36.6 Å². The van der Waals surface area contributed by atoms with E-state index in [2.05, 4.69) is 15.2 Å². The van der Waals surface area contributed by atoms with Crippen LogP contribution in [0.2, 0.25) is 0 Å². The van der Waals surface area contributed by atoms with Crippen molar-refractivity contribution in [1.82, 2.24) is 19.5 Å². The third-order valence-corrected chi connectivity index (χ3v) is 8.36. The van der Waals surface area contributed by atoms with E-state index in [1.807, 2.05) is 12.1 Å². The number of likely N-dealkylation sites (tertiary alicyclic amines) is 1. The average molecular weight is 487 g/mol. The van der Waals surface area contributed by atoms with Crippen LogP contribution in [0.1, 0.15) is 48.8 Å². The number of hydrogen-bond donors (Lipinski definition) is 2. The predicted molar refractivity (Wildman–Crippen MR) is 129 cm³/mol. The number of aromatic nitrogens is 1. The fraction of sp³-hybridized carbons (Fsp3) is 0.417. The minimum Gasteiger partial charge on any atom is -0.468 e. The van der Waals surface area contributed by atoms with Crippen molar-refractivity contribution in [3.8, 4) is 0 Å². The Labute approximate surface area is 198 Å². The number of furan rings is 1. The number of carbonyl (C=O) groups is 1. The summed E-state index contributed by atoms with van der Waals surface area (Å²) in [5.74, 6) is 0.329. The summed E-state index contributed by atoms with van der Waals surface area (Å²) in [5.41, 5.74) is 0.104. The summed E-state index contributed by atoms with van der Waals surface area (Å²) in [4.78, 5) is 30.5. The Morgan fingerprint density at radius 1 is 1.18 bits per heavy atom. The largest absolute Gasteiger partial charge is 0.468 e. The fourth-order valence-electron chi connectivity index (χ4n) is 4.52. The van der Waals surface area contributed by atoms with Gasteiger partial charge in [0.1, 0.15) is 5.76 Å². The van der Waals surface area contributed by atoms with Crippen molar-refractivity contribution in [3.05, 3.63) is 64.3 Å². The number of amides is 1. The molecule has 0 aliphatic carbocycles. The second-order valence-corrected chi connectivity index (χ2v) is 10.3. The number of aromatic amines is 1. The zero-order chi connectivity index (χ0) is 24.3. The standard InChI is InChI=1S/C24H30N4O5S/c1-3-28(4-2)34(31,32)17-9-10-20-18(14-17)19(15-23(29)26-20)24(30)25-16-21(22-8-7-13-33-22)27-11-5-6-12-27/h7-10,13-15,21H,3-6,11-12,16H2,1-2H3,(H,25,30)(H,26,29)/t21-/m0/s1. The van der Waals surface area contributed by atoms with E-state index in [1.165, 1.54) is 28.6 Å². The van der Waals surface area contributed by atoms with Crippen LogP contribution < -0.4 is 10.9 Å². The molecule has 1 saturated heterocycles. The molecule has 4 rings (SSSR count). The first kappa shape index (κ1) is 24.2. The zero-order valence-electron chi connectivity index (χ0n) is 19.4. The first-order valence-corrected chi connectivity index (χ1v) is 13.0. The molecule has 1 fully saturated rings. The lowest BCUT2D eigenvalue weighted by Gasteiger charge is -2.26. The highest BCUT2D eigenvalue weighted by Crippen LogP contribution is 2.26. The maximum Gasteiger partial charge on any atom is 0.252 e. The SMILES string of the molecule is CCN(CC)S(=O)(=O)c1ccc2[nH]c(=O)cc(C(=O)NC[C@@H](c3ccco3)N3CCCC3)c2c1. The van der Waals surface area contributed by atoms with Gasteiger partial charge >= 0.3 is 0 Å². The summed E-state index contributed by atoms with van der Waals surface area (Å²) < 4.78 is 33.0. The monoisotopic (exact) mass is 486 g/mol. The Morgan fingerprint density at radius 3 is 2.56 bits per heavy atom. The average Bonchev–Trinajstić information content (AvgIpc) is 3.54. The number of rotatable bonds is 9. The van der Waals surface area contributed by atoms with Gasteiger partial charge in [0.15, 0.2) is 0 Å². The number of pyridine rings is 1. The first-order valence-electron chi connectivity index (χ1n) is 11.6. The van der Waals surface area contributed by atoms with Gasteiger partial charge in [-0.05, 0) is 56.3 Å². The van der Waals surface area contributed by atoms with Crippen molar-refractivity contribution < 1.29 is 17.6 Å². The van der Waals surface area contributed by atoms with Gasteiger partial charge in [0.05, 0.1) is 22.8 Å². The van der Waals surface area contributed by atoms with Crippen molar-refractivity contribution >= 4 is 26.8 Å². The van der Waals surface area contributed by atoms with Gasteiger partial charge in [0.25, 0.3) is 5.91 Å². The van der Waals surface area contributed by atoms with E-state index in [4.69, 9.17) is 4.42 Å². The molecule has 182 valence electrons. The molecule has 2 aromatic heterocycles. The highest BCUT2D eigenvalue weighted by atomic mass is 32.2. The van der Waals surface area contributed by atoms with Crippen LogP contribution in [0.3, 0.4) is 0 Å². The molecule has 3 aromatic rings. The lowest BCUT2D eigenvalue weighted by atomic mass is 10.1. The molecule has 0 radical (unpaired) electrons. The summed E-state index contributed by atoms with van der Waals surface area (Å²) in [6, 6.07) is 9.24. The molecule has 1 aromatic carbocycles. The second-order valence-electron chi connectivity index (χ2n) is 8.33. The summed E-state index contributed by atoms with van der Waals surface area (Å²) >= 11 is 0. The van der Waals surface area contributed by atoms with E-state index in [0.29, 0.717) is 30.5 Å². The number of nitrogens with one attached hydrogen (secondary N) is 2. The van der Waals surface area contributed by atoms with Gasteiger partial charge in [-0.3, -0.25) is 14.5 Å². The van der Waals surface area contributed by atoms with Crippen LogP contribution in [0.4, 0.5) is 0 Å². The Bertz CT molecular complexity index is 1310. The second kappa shape index (κ2) is 10.1. The van der Waals surface area contributed by atoms with Crippen LogP contribution in [-0.2, 0) is 10.0 Å². The summed E-state index contributed by atoms with van der Waals surface area (Å²) in [5, 5.41) is 3.31. The van der Waals surface area contributed by atoms with Gasteiger partial charge in [-0.15, -0.1) is 0 Å². The van der Waals surface area contributed by atoms with Gasteiger partial charge in [-0.1, -0.05) is 13.8 Å². The van der Waals surface area contributed by atoms with Crippen molar-refractivity contribution in [2.24, 2.45) is 0 Å². The van der Waals surface area contributed by atoms with E-state index >= 15 is 0 Å². The molecule has 0 saturated carbocycles. The highest BCUT2D eigenvalue weighted by Gasteiger charge is 2.27. The molecule has 1 atom stereocenters. The number of H-pyrrole nitrogens is 1. The fourth-order valence-corrected chi connectivity index (χ4v) is 6.01. The number of fused-ring (bicyclic) bond motifs is 1. The van der Waals surface area contributed by atoms with Crippen molar-refractivity contribution in [2.45, 2.75) is 37.6 Å². The lowest BCUT2D eigenvalue weighted by molar-refractivity contribution is 0.0935. The lowest BCUT2D eigenvalue weighted by Crippen LogP contribution is -2.37. The van der Waals surface area contributed by atoms with Crippen molar-refractivity contribution in [2.75, 3.05) is 32.7 Å². The van der Waals surface area contributed by atoms with Gasteiger partial charge in [-0.25, -0.2) is 8.42 Å². The maximum atomic E-state index is 13.2. The van der Waals surface area contributed by atoms with E-state index in [9.17, 15) is 18.0 Å². The number of sulfonamides is 1. The minimum absolute atomic E-state index is 0.0790. The zero-order valence-corrected chi connectivity index (χ0v) is 20.2. The summed E-state index contributed by atoms with van der Waals surface area (Å²) in [6.45, 7) is 6.35. The Morgan fingerprint density at radius 2 is 1.91 bits per heavy atom. The normalized spacial score (nSPS) is 15.7. The molecule has 1 amide bonds. The minimum atomic E-state index is -3.72. The number of carbonyl (C=O) groups excluding carboxylic acids is 1. The van der Waals surface area contributed by atoms with Crippen molar-refractivity contribution in [3.63, 3.8) is 0 Å². The Hall–Kier alpha value is -2.95.